The average Bonchev–Trinajstić information content (AvgIpc) is 4.14. The first kappa shape index (κ1) is 48.7. The van der Waals surface area contributed by atoms with E-state index in [9.17, 15) is 35.9 Å². The van der Waals surface area contributed by atoms with E-state index in [0.29, 0.717) is 11.5 Å². The van der Waals surface area contributed by atoms with Crippen molar-refractivity contribution in [1.82, 2.24) is 54.7 Å². The highest BCUT2D eigenvalue weighted by atomic mass is 19.4. The van der Waals surface area contributed by atoms with Gasteiger partial charge in [0.1, 0.15) is 23.5 Å². The Morgan fingerprint density at radius 2 is 1.47 bits per heavy atom. The van der Waals surface area contributed by atoms with Crippen molar-refractivity contribution < 1.29 is 77.8 Å². The zero-order valence-corrected chi connectivity index (χ0v) is 38.1. The van der Waals surface area contributed by atoms with Gasteiger partial charge in [-0.1, -0.05) is 0 Å². The quantitative estimate of drug-likeness (QED) is 0.0481. The largest absolute Gasteiger partial charge is 0.522 e. The lowest BCUT2D eigenvalue weighted by molar-refractivity contribution is -0.730. The summed E-state index contributed by atoms with van der Waals surface area (Å²) in [5, 5.41) is 21.4. The van der Waals surface area contributed by atoms with Gasteiger partial charge in [0, 0.05) is 47.9 Å². The highest BCUT2D eigenvalue weighted by Gasteiger charge is 2.58. The third kappa shape index (κ3) is 10.4. The summed E-state index contributed by atoms with van der Waals surface area (Å²) in [5.41, 5.74) is 0.681. The molecule has 0 radical (unpaired) electrons. The second kappa shape index (κ2) is 18.6. The Bertz CT molecular complexity index is 2980. The molecule has 2 bridgehead atoms. The van der Waals surface area contributed by atoms with Gasteiger partial charge in [-0.05, 0) is 46.0 Å². The molecule has 2 saturated heterocycles. The molecule has 72 heavy (non-hydrogen) atoms. The smallest absolute Gasteiger partial charge is 0.441 e. The molecule has 8 heterocycles. The van der Waals surface area contributed by atoms with Crippen LogP contribution in [0.15, 0.2) is 36.8 Å². The summed E-state index contributed by atoms with van der Waals surface area (Å²) < 4.78 is 145. The number of halogens is 8. The van der Waals surface area contributed by atoms with Gasteiger partial charge < -0.3 is 34.9 Å². The lowest BCUT2D eigenvalue weighted by Gasteiger charge is -2.61. The maximum atomic E-state index is 16.3. The number of amides is 2. The van der Waals surface area contributed by atoms with Crippen molar-refractivity contribution in [2.75, 3.05) is 23.8 Å². The summed E-state index contributed by atoms with van der Waals surface area (Å²) in [4.78, 5) is 42.7. The van der Waals surface area contributed by atoms with Crippen molar-refractivity contribution in [3.8, 4) is 0 Å². The first-order chi connectivity index (χ1) is 34.1. The fourth-order valence-corrected chi connectivity index (χ4v) is 9.03. The average molecular weight is 1030 g/mol. The molecule has 0 spiro atoms. The number of carbonyl (C=O) groups is 2. The minimum Gasteiger partial charge on any atom is -0.441 e. The molecule has 6 aromatic rings. The lowest BCUT2D eigenvalue weighted by atomic mass is 9.50. The monoisotopic (exact) mass is 1030 g/mol. The van der Waals surface area contributed by atoms with E-state index in [1.165, 1.54) is 50.3 Å². The van der Waals surface area contributed by atoms with E-state index < -0.39 is 74.9 Å². The van der Waals surface area contributed by atoms with E-state index >= 15 is 8.78 Å². The zero-order valence-electron chi connectivity index (χ0n) is 38.1. The number of hydrogen-bond donors (Lipinski definition) is 6. The second-order valence-electron chi connectivity index (χ2n) is 18.3. The van der Waals surface area contributed by atoms with Crippen LogP contribution in [0.3, 0.4) is 0 Å². The number of nitrogens with one attached hydrogen (secondary N) is 6. The summed E-state index contributed by atoms with van der Waals surface area (Å²) in [5.74, 6) is 0.750. The topological polar surface area (TPSA) is 246 Å². The molecule has 2 aliphatic heterocycles. The molecule has 5 aliphatic rings. The Morgan fingerprint density at radius 3 is 2.11 bits per heavy atom. The van der Waals surface area contributed by atoms with Crippen LogP contribution in [0.4, 0.5) is 68.2 Å². The van der Waals surface area contributed by atoms with Crippen LogP contribution in [0.1, 0.15) is 79.4 Å². The molecule has 3 aliphatic carbocycles. The highest BCUT2D eigenvalue weighted by Crippen LogP contribution is 2.57. The van der Waals surface area contributed by atoms with Gasteiger partial charge in [-0.25, -0.2) is 53.1 Å². The molecule has 5 fully saturated rings. The van der Waals surface area contributed by atoms with Crippen LogP contribution in [0.5, 0.6) is 0 Å². The third-order valence-electron chi connectivity index (χ3n) is 12.4. The second-order valence-corrected chi connectivity index (χ2v) is 18.3. The zero-order chi connectivity index (χ0) is 50.9. The molecular formula is C42H45F8N14O8+. The Hall–Kier alpha value is -6.92. The number of fused-ring (bicyclic) bond motifs is 2. The molecule has 6 N–H and O–H groups in total. The van der Waals surface area contributed by atoms with E-state index in [0.717, 1.165) is 19.3 Å². The molecule has 22 nitrogen and oxygen atoms in total. The van der Waals surface area contributed by atoms with Gasteiger partial charge >= 0.3 is 36.7 Å². The lowest BCUT2D eigenvalue weighted by Crippen LogP contribution is -2.68. The van der Waals surface area contributed by atoms with Crippen LogP contribution in [0.2, 0.25) is 0 Å². The number of aryl methyl sites for hydroxylation is 1. The van der Waals surface area contributed by atoms with Crippen molar-refractivity contribution in [3.05, 3.63) is 70.8 Å². The number of alkyl carbamates (subject to hydrolysis) is 2. The van der Waals surface area contributed by atoms with Crippen LogP contribution in [0, 0.1) is 12.8 Å². The highest BCUT2D eigenvalue weighted by molar-refractivity contribution is 5.69. The standard InChI is InChI=1S/C42H44F8N14O8/c1-18(2)52-38(65)71-26-16-67-33(31(26)43)24-5-28(60-59-24)56-37-55-21(4-29-53-22(11-62(29)37)14-69-41(45,46)47)13-64-30(57-36-51-10-19(3)35-54-23(12-63(35)36)15-70-42(48,49)50)6-25(61-64)34-32(44)27(17-68-34)72-39(66)58-40-7-20(8-40)9-40/h4-6,10-12,18,20,26-27,31-34H,7-9,13-17H2,1-3H3,(H5,51,52,53,54,55,56,57,58,59,60,61,65,66)/p+1/t20?,26-,27-,31-,32-,33-,34-,40?/m0/s1. The third-order valence-corrected chi connectivity index (χ3v) is 12.4. The van der Waals surface area contributed by atoms with Gasteiger partial charge in [0.05, 0.1) is 61.0 Å². The maximum Gasteiger partial charge on any atom is 0.522 e. The first-order valence-corrected chi connectivity index (χ1v) is 22.5. The van der Waals surface area contributed by atoms with Gasteiger partial charge in [-0.3, -0.25) is 19.0 Å². The summed E-state index contributed by atoms with van der Waals surface area (Å²) in [7, 11) is 0. The number of alkyl halides is 8. The number of rotatable bonds is 16. The number of H-pyrrole nitrogens is 2. The molecule has 6 atom stereocenters. The molecule has 6 aromatic heterocycles. The minimum absolute atomic E-state index is 0.0393. The molecule has 386 valence electrons. The Kier molecular flexibility index (Phi) is 12.6. The van der Waals surface area contributed by atoms with E-state index in [2.05, 4.69) is 61.0 Å². The predicted octanol–water partition coefficient (Wildman–Crippen LogP) is 6.00. The number of carbonyl (C=O) groups excluding carboxylic acids is 2. The predicted molar refractivity (Wildman–Crippen MR) is 227 cm³/mol. The number of hydrogen-bond acceptors (Lipinski definition) is 15. The Balaban J connectivity index is 0.957. The van der Waals surface area contributed by atoms with Crippen LogP contribution < -0.4 is 25.9 Å². The maximum absolute atomic E-state index is 16.3. The summed E-state index contributed by atoms with van der Waals surface area (Å²) in [6.07, 6.45) is -13.8. The van der Waals surface area contributed by atoms with Crippen molar-refractivity contribution in [3.63, 3.8) is 0 Å². The Labute approximate surface area is 400 Å². The van der Waals surface area contributed by atoms with Crippen molar-refractivity contribution >= 4 is 47.0 Å². The summed E-state index contributed by atoms with van der Waals surface area (Å²) in [6, 6.07) is 4.04. The van der Waals surface area contributed by atoms with Gasteiger partial charge in [-0.15, -0.1) is 26.3 Å². The number of aromatic amines is 2. The fourth-order valence-electron chi connectivity index (χ4n) is 9.03. The van der Waals surface area contributed by atoms with E-state index in [4.69, 9.17) is 23.9 Å². The van der Waals surface area contributed by atoms with Crippen molar-refractivity contribution in [1.29, 1.82) is 0 Å². The molecule has 30 heteroatoms. The van der Waals surface area contributed by atoms with Gasteiger partial charge in [0.2, 0.25) is 5.95 Å². The van der Waals surface area contributed by atoms with E-state index in [1.54, 1.807) is 20.8 Å². The number of aromatic nitrogens is 10. The molecule has 0 aromatic carbocycles. The normalized spacial score (nSPS) is 24.9. The molecule has 11 rings (SSSR count). The summed E-state index contributed by atoms with van der Waals surface area (Å²) >= 11 is 0. The molecule has 0 unspecified atom stereocenters. The van der Waals surface area contributed by atoms with Crippen molar-refractivity contribution in [2.24, 2.45) is 5.92 Å². The number of anilines is 4. The van der Waals surface area contributed by atoms with Gasteiger partial charge in [-0.2, -0.15) is 9.78 Å². The first-order valence-electron chi connectivity index (χ1n) is 22.5. The van der Waals surface area contributed by atoms with Crippen LogP contribution in [0.25, 0.3) is 11.3 Å². The fraction of sp³-hybridized carbons (Fsp3) is 0.524. The molecular weight excluding hydrogens is 981 g/mol. The number of nitrogens with zero attached hydrogens (tertiary/aromatic N) is 8. The van der Waals surface area contributed by atoms with Crippen molar-refractivity contribution in [2.45, 2.75) is 121 Å². The minimum atomic E-state index is -4.99. The van der Waals surface area contributed by atoms with Crippen LogP contribution >= 0.6 is 0 Å². The number of imidazole rings is 2. The van der Waals surface area contributed by atoms with Gasteiger partial charge in [0.25, 0.3) is 0 Å². The summed E-state index contributed by atoms with van der Waals surface area (Å²) in [6.45, 7) is 2.40. The molecule has 2 amide bonds. The van der Waals surface area contributed by atoms with Crippen LogP contribution in [-0.4, -0.2) is 118 Å². The van der Waals surface area contributed by atoms with E-state index in [-0.39, 0.29) is 94.6 Å². The SMILES string of the molecule is Cc1cnc(Nc2cc([C@@H]3OC[C@H](OC(=O)NC45CC(C4)C5)[C@@H]3F)[nH][n+]2Cc2cc3nc(COC(F)(F)F)cn3c(Nc3cc([C@@H]4OC[C@H](OC(=O)NC(C)C)[C@@H]4F)[nH]n3)n2)n2cc(COC(F)(F)F)nc12. The van der Waals surface area contributed by atoms with Gasteiger partial charge in [0.15, 0.2) is 36.9 Å². The Morgan fingerprint density at radius 1 is 0.833 bits per heavy atom. The molecule has 3 saturated carbocycles. The van der Waals surface area contributed by atoms with E-state index in [1.807, 2.05) is 0 Å². The van der Waals surface area contributed by atoms with Crippen LogP contribution in [-0.2, 0) is 48.2 Å². The number of ether oxygens (including phenoxy) is 6.